The second kappa shape index (κ2) is 17.5. The number of carbonyl (C=O) groups excluding carboxylic acids is 5. The summed E-state index contributed by atoms with van der Waals surface area (Å²) in [7, 11) is 0. The first-order valence-corrected chi connectivity index (χ1v) is 24.5. The highest BCUT2D eigenvalue weighted by molar-refractivity contribution is 7.29. The van der Waals surface area contributed by atoms with Crippen molar-refractivity contribution in [2.24, 2.45) is 10.8 Å². The van der Waals surface area contributed by atoms with Gasteiger partial charge in [-0.15, -0.1) is 45.3 Å². The lowest BCUT2D eigenvalue weighted by atomic mass is 9.74. The third-order valence-corrected chi connectivity index (χ3v) is 17.1. The van der Waals surface area contributed by atoms with Crippen molar-refractivity contribution >= 4 is 74.3 Å². The molecule has 0 atom stereocenters. The molecule has 3 aliphatic rings. The Morgan fingerprint density at radius 3 is 1.07 bits per heavy atom. The summed E-state index contributed by atoms with van der Waals surface area (Å²) in [5, 5.41) is 1.25. The maximum absolute atomic E-state index is 14.1. The molecule has 4 aromatic heterocycles. The van der Waals surface area contributed by atoms with E-state index < -0.39 is 10.8 Å². The molecule has 0 N–H and O–H groups in total. The third-order valence-electron chi connectivity index (χ3n) is 12.2. The molecule has 0 saturated carbocycles. The van der Waals surface area contributed by atoms with Crippen LogP contribution in [0.5, 0.6) is 0 Å². The van der Waals surface area contributed by atoms with Gasteiger partial charge in [-0.3, -0.25) is 24.0 Å². The summed E-state index contributed by atoms with van der Waals surface area (Å²) in [4.78, 5) is 83.8. The van der Waals surface area contributed by atoms with Gasteiger partial charge in [0.25, 0.3) is 0 Å². The van der Waals surface area contributed by atoms with Crippen molar-refractivity contribution in [3.05, 3.63) is 44.4 Å². The van der Waals surface area contributed by atoms with Crippen LogP contribution in [0.15, 0.2) is 12.1 Å². The van der Waals surface area contributed by atoms with E-state index in [0.29, 0.717) is 68.0 Å². The van der Waals surface area contributed by atoms with Gasteiger partial charge in [0.05, 0.1) is 40.1 Å². The van der Waals surface area contributed by atoms with Crippen molar-refractivity contribution in [2.75, 3.05) is 0 Å². The van der Waals surface area contributed by atoms with Crippen LogP contribution >= 0.6 is 45.3 Å². The van der Waals surface area contributed by atoms with Crippen LogP contribution in [0.4, 0.5) is 0 Å². The highest BCUT2D eigenvalue weighted by Gasteiger charge is 2.54. The molecule has 298 valence electrons. The number of hydrogen-bond acceptors (Lipinski definition) is 11. The van der Waals surface area contributed by atoms with Crippen molar-refractivity contribution in [1.82, 2.24) is 9.97 Å². The minimum Gasteiger partial charge on any atom is -0.293 e. The van der Waals surface area contributed by atoms with Crippen LogP contribution in [-0.2, 0) is 0 Å². The number of hydrogen-bond donors (Lipinski definition) is 0. The zero-order chi connectivity index (χ0) is 39.6. The number of rotatable bonds is 22. The quantitative estimate of drug-likeness (QED) is 0.0504. The number of aromatic nitrogens is 2. The van der Waals surface area contributed by atoms with E-state index in [9.17, 15) is 24.0 Å². The third kappa shape index (κ3) is 7.21. The highest BCUT2D eigenvalue weighted by atomic mass is 32.1. The van der Waals surface area contributed by atoms with Gasteiger partial charge < -0.3 is 0 Å². The molecule has 4 heterocycles. The van der Waals surface area contributed by atoms with Gasteiger partial charge in [-0.05, 0) is 37.8 Å². The molecule has 3 aliphatic carbocycles. The van der Waals surface area contributed by atoms with Crippen LogP contribution in [-0.4, -0.2) is 38.9 Å². The smallest absolute Gasteiger partial charge is 0.232 e. The van der Waals surface area contributed by atoms with E-state index in [1.807, 2.05) is 12.1 Å². The summed E-state index contributed by atoms with van der Waals surface area (Å²) in [6.07, 6.45) is 18.9. The highest BCUT2D eigenvalue weighted by Crippen LogP contribution is 2.54. The first-order valence-electron chi connectivity index (χ1n) is 21.2. The molecule has 0 fully saturated rings. The predicted octanol–water partition coefficient (Wildman–Crippen LogP) is 13.9. The minimum atomic E-state index is -0.947. The fourth-order valence-electron chi connectivity index (χ4n) is 8.98. The summed E-state index contributed by atoms with van der Waals surface area (Å²) in [6.45, 7) is 8.66. The summed E-state index contributed by atoms with van der Waals surface area (Å²) >= 11 is 5.47. The molecule has 4 aromatic rings. The molecule has 0 aromatic carbocycles. The topological polar surface area (TPSA) is 111 Å². The minimum absolute atomic E-state index is 0.0265. The van der Waals surface area contributed by atoms with E-state index in [2.05, 4.69) is 27.7 Å². The van der Waals surface area contributed by atoms with Gasteiger partial charge in [0.2, 0.25) is 5.78 Å². The summed E-state index contributed by atoms with van der Waals surface area (Å²) in [5.74, 6) is -0.369. The van der Waals surface area contributed by atoms with Crippen LogP contribution in [0, 0.1) is 10.8 Å². The zero-order valence-corrected chi connectivity index (χ0v) is 36.6. The van der Waals surface area contributed by atoms with E-state index >= 15 is 0 Å². The van der Waals surface area contributed by atoms with Gasteiger partial charge in [0.15, 0.2) is 23.1 Å². The lowest BCUT2D eigenvalue weighted by molar-refractivity contribution is 0.0644. The average molecular weight is 831 g/mol. The number of unbranched alkanes of at least 4 members (excludes halogenated alkanes) is 12. The molecule has 11 heteroatoms. The Balaban J connectivity index is 1.11. The SMILES string of the molecule is CCCCCCC1(CCCCCC)C(=O)c2cc(-c3nc4c(s3)-c3sc(-c5cc6c(s5)C(=O)C(CCCCCC)(CCCCCC)C6=O)nc3C4=O)sc2C1=O. The molecule has 0 bridgehead atoms. The molecule has 7 nitrogen and oxygen atoms in total. The molecular weight excluding hydrogens is 777 g/mol. The second-order valence-corrected chi connectivity index (χ2v) is 20.3. The monoisotopic (exact) mass is 830 g/mol. The Kier molecular flexibility index (Phi) is 12.8. The fourth-order valence-corrected chi connectivity index (χ4v) is 13.7. The number of fused-ring (bicyclic) bond motifs is 5. The van der Waals surface area contributed by atoms with E-state index in [1.165, 1.54) is 45.3 Å². The second-order valence-electron chi connectivity index (χ2n) is 16.2. The van der Waals surface area contributed by atoms with Gasteiger partial charge >= 0.3 is 0 Å². The maximum atomic E-state index is 14.1. The molecule has 0 unspecified atom stereocenters. The zero-order valence-electron chi connectivity index (χ0n) is 33.4. The van der Waals surface area contributed by atoms with Gasteiger partial charge in [-0.1, -0.05) is 130 Å². The Morgan fingerprint density at radius 1 is 0.429 bits per heavy atom. The summed E-state index contributed by atoms with van der Waals surface area (Å²) in [6, 6.07) is 3.68. The number of ketones is 5. The Bertz CT molecular complexity index is 1900. The first kappa shape index (κ1) is 41.2. The fraction of sp³-hybridized carbons (Fsp3) is 0.578. The molecular formula is C45H54N2O5S4. The molecule has 0 saturated heterocycles. The number of Topliss-reactive ketones (excluding diaryl/α,β-unsaturated/α-hetero) is 4. The van der Waals surface area contributed by atoms with Gasteiger partial charge in [-0.25, -0.2) is 9.97 Å². The summed E-state index contributed by atoms with van der Waals surface area (Å²) < 4.78 is 0. The van der Waals surface area contributed by atoms with Crippen LogP contribution in [0.25, 0.3) is 29.5 Å². The largest absolute Gasteiger partial charge is 0.293 e. The molecule has 7 rings (SSSR count). The predicted molar refractivity (Wildman–Crippen MR) is 231 cm³/mol. The average Bonchev–Trinajstić information content (AvgIpc) is 4.06. The number of thiazole rings is 2. The van der Waals surface area contributed by atoms with Crippen molar-refractivity contribution < 1.29 is 24.0 Å². The normalized spacial score (nSPS) is 16.3. The Labute approximate surface area is 347 Å². The van der Waals surface area contributed by atoms with Crippen molar-refractivity contribution in [3.8, 4) is 29.5 Å². The first-order chi connectivity index (χ1) is 27.1. The van der Waals surface area contributed by atoms with Crippen molar-refractivity contribution in [3.63, 3.8) is 0 Å². The van der Waals surface area contributed by atoms with E-state index in [0.717, 1.165) is 122 Å². The lowest BCUT2D eigenvalue weighted by Crippen LogP contribution is -2.33. The van der Waals surface area contributed by atoms with E-state index in [-0.39, 0.29) is 28.9 Å². The number of carbonyl (C=O) groups is 5. The van der Waals surface area contributed by atoms with E-state index in [1.54, 1.807) is 0 Å². The standard InChI is InChI=1S/C45H54N2O5S4/c1-5-9-13-17-21-44(22-18-14-10-6-2)38(49)27-25-29(53-34(27)40(44)51)42-46-31-33(48)32-37(36(31)55-42)56-43(47-32)30-26-28-35(54-30)41(52)45(39(28)50,23-19-15-11-7-3)24-20-16-12-8-4/h25-26H,5-24H2,1-4H3. The van der Waals surface area contributed by atoms with E-state index in [4.69, 9.17) is 9.97 Å². The molecule has 0 amide bonds. The molecule has 56 heavy (non-hydrogen) atoms. The molecule has 0 radical (unpaired) electrons. The Morgan fingerprint density at radius 2 is 0.768 bits per heavy atom. The van der Waals surface area contributed by atoms with Crippen LogP contribution in [0.1, 0.15) is 212 Å². The van der Waals surface area contributed by atoms with Crippen molar-refractivity contribution in [2.45, 2.75) is 156 Å². The van der Waals surface area contributed by atoms with Crippen LogP contribution in [0.3, 0.4) is 0 Å². The molecule has 0 aliphatic heterocycles. The van der Waals surface area contributed by atoms with Crippen molar-refractivity contribution in [1.29, 1.82) is 0 Å². The van der Waals surface area contributed by atoms with Gasteiger partial charge in [0, 0.05) is 11.1 Å². The lowest BCUT2D eigenvalue weighted by Gasteiger charge is -2.26. The van der Waals surface area contributed by atoms with Gasteiger partial charge in [0.1, 0.15) is 21.4 Å². The Hall–Kier alpha value is -2.99. The number of nitrogens with zero attached hydrogens (tertiary/aromatic N) is 2. The number of thiophene rings is 2. The van der Waals surface area contributed by atoms with Gasteiger partial charge in [-0.2, -0.15) is 0 Å². The summed E-state index contributed by atoms with van der Waals surface area (Å²) in [5.41, 5.74) is -0.149. The van der Waals surface area contributed by atoms with Crippen LogP contribution in [0.2, 0.25) is 0 Å². The maximum Gasteiger partial charge on any atom is 0.232 e. The molecule has 0 spiro atoms. The van der Waals surface area contributed by atoms with Crippen LogP contribution < -0.4 is 0 Å².